The standard InChI is InChI=1S/C12H11ClFNO4/c13-8-5-7(1-2-9(8)14)11(16)15-3-4-19-6-10(15)12(17)18/h1-2,5,10H,3-4,6H2,(H,17,18). The summed E-state index contributed by atoms with van der Waals surface area (Å²) in [6.45, 7) is 0.380. The number of ether oxygens (including phenoxy) is 1. The van der Waals surface area contributed by atoms with Crippen LogP contribution in [0.2, 0.25) is 5.02 Å². The summed E-state index contributed by atoms with van der Waals surface area (Å²) in [5, 5.41) is 8.87. The number of morpholine rings is 1. The van der Waals surface area contributed by atoms with Crippen LogP contribution >= 0.6 is 11.6 Å². The summed E-state index contributed by atoms with van der Waals surface area (Å²) in [6.07, 6.45) is 0. The highest BCUT2D eigenvalue weighted by Crippen LogP contribution is 2.19. The maximum atomic E-state index is 13.0. The Kier molecular flexibility index (Phi) is 4.01. The third-order valence-electron chi connectivity index (χ3n) is 2.84. The van der Waals surface area contributed by atoms with E-state index >= 15 is 0 Å². The van der Waals surface area contributed by atoms with Gasteiger partial charge in [-0.3, -0.25) is 4.79 Å². The fourth-order valence-corrected chi connectivity index (χ4v) is 2.03. The van der Waals surface area contributed by atoms with E-state index < -0.39 is 23.7 Å². The van der Waals surface area contributed by atoms with Gasteiger partial charge in [0.05, 0.1) is 18.2 Å². The molecule has 7 heteroatoms. The van der Waals surface area contributed by atoms with Gasteiger partial charge in [-0.25, -0.2) is 9.18 Å². The van der Waals surface area contributed by atoms with E-state index in [1.165, 1.54) is 17.0 Å². The number of benzene rings is 1. The average molecular weight is 288 g/mol. The van der Waals surface area contributed by atoms with Crippen molar-refractivity contribution in [2.24, 2.45) is 0 Å². The lowest BCUT2D eigenvalue weighted by molar-refractivity contribution is -0.147. The van der Waals surface area contributed by atoms with Crippen LogP contribution in [-0.2, 0) is 9.53 Å². The maximum absolute atomic E-state index is 13.0. The van der Waals surface area contributed by atoms with E-state index in [4.69, 9.17) is 21.4 Å². The van der Waals surface area contributed by atoms with Crippen LogP contribution in [0, 0.1) is 5.82 Å². The molecule has 1 atom stereocenters. The molecule has 0 bridgehead atoms. The summed E-state index contributed by atoms with van der Waals surface area (Å²) in [4.78, 5) is 24.5. The fourth-order valence-electron chi connectivity index (χ4n) is 1.85. The molecule has 102 valence electrons. The van der Waals surface area contributed by atoms with Gasteiger partial charge in [-0.2, -0.15) is 0 Å². The lowest BCUT2D eigenvalue weighted by Gasteiger charge is -2.32. The molecule has 1 aliphatic rings. The molecule has 1 fully saturated rings. The van der Waals surface area contributed by atoms with E-state index in [1.807, 2.05) is 0 Å². The minimum Gasteiger partial charge on any atom is -0.480 e. The predicted molar refractivity (Wildman–Crippen MR) is 64.7 cm³/mol. The third-order valence-corrected chi connectivity index (χ3v) is 3.13. The van der Waals surface area contributed by atoms with Crippen molar-refractivity contribution in [3.05, 3.63) is 34.6 Å². The predicted octanol–water partition coefficient (Wildman–Crippen LogP) is 1.40. The number of amides is 1. The highest BCUT2D eigenvalue weighted by atomic mass is 35.5. The van der Waals surface area contributed by atoms with Crippen molar-refractivity contribution in [1.29, 1.82) is 0 Å². The highest BCUT2D eigenvalue weighted by Gasteiger charge is 2.33. The van der Waals surface area contributed by atoms with Crippen LogP contribution in [0.5, 0.6) is 0 Å². The second kappa shape index (κ2) is 5.54. The van der Waals surface area contributed by atoms with E-state index in [0.717, 1.165) is 6.07 Å². The van der Waals surface area contributed by atoms with E-state index in [0.29, 0.717) is 0 Å². The van der Waals surface area contributed by atoms with E-state index in [9.17, 15) is 14.0 Å². The minimum atomic E-state index is -1.14. The molecule has 5 nitrogen and oxygen atoms in total. The molecule has 1 N–H and O–H groups in total. The van der Waals surface area contributed by atoms with E-state index in [1.54, 1.807) is 0 Å². The molecule has 0 spiro atoms. The molecule has 1 heterocycles. The Hall–Kier alpha value is -1.66. The second-order valence-electron chi connectivity index (χ2n) is 4.06. The number of carbonyl (C=O) groups excluding carboxylic acids is 1. The smallest absolute Gasteiger partial charge is 0.328 e. The normalized spacial score (nSPS) is 19.3. The van der Waals surface area contributed by atoms with Crippen molar-refractivity contribution in [2.45, 2.75) is 6.04 Å². The molecule has 19 heavy (non-hydrogen) atoms. The van der Waals surface area contributed by atoms with E-state index in [2.05, 4.69) is 0 Å². The third kappa shape index (κ3) is 2.85. The Bertz CT molecular complexity index is 522. The minimum absolute atomic E-state index is 0.0595. The van der Waals surface area contributed by atoms with Gasteiger partial charge in [-0.05, 0) is 18.2 Å². The molecule has 1 aromatic rings. The zero-order valence-corrected chi connectivity index (χ0v) is 10.6. The zero-order valence-electron chi connectivity index (χ0n) is 9.81. The van der Waals surface area contributed by atoms with Gasteiger partial charge < -0.3 is 14.7 Å². The van der Waals surface area contributed by atoms with Crippen molar-refractivity contribution < 1.29 is 23.8 Å². The van der Waals surface area contributed by atoms with Gasteiger partial charge in [0.15, 0.2) is 6.04 Å². The summed E-state index contributed by atoms with van der Waals surface area (Å²) in [5.41, 5.74) is 0.152. The molecule has 0 radical (unpaired) electrons. The number of aliphatic carboxylic acids is 1. The largest absolute Gasteiger partial charge is 0.480 e. The highest BCUT2D eigenvalue weighted by molar-refractivity contribution is 6.31. The van der Waals surface area contributed by atoms with Crippen molar-refractivity contribution in [3.63, 3.8) is 0 Å². The van der Waals surface area contributed by atoms with Gasteiger partial charge in [0.25, 0.3) is 5.91 Å². The van der Waals surface area contributed by atoms with Gasteiger partial charge in [-0.1, -0.05) is 11.6 Å². The summed E-state index contributed by atoms with van der Waals surface area (Å²) in [5.74, 6) is -2.27. The number of nitrogens with zero attached hydrogens (tertiary/aromatic N) is 1. The topological polar surface area (TPSA) is 66.8 Å². The van der Waals surface area contributed by atoms with Gasteiger partial charge in [0.1, 0.15) is 5.82 Å². The number of hydrogen-bond acceptors (Lipinski definition) is 3. The first kappa shape index (κ1) is 13.8. The van der Waals surface area contributed by atoms with Gasteiger partial charge in [-0.15, -0.1) is 0 Å². The Morgan fingerprint density at radius 2 is 2.21 bits per heavy atom. The van der Waals surface area contributed by atoms with Crippen molar-refractivity contribution in [3.8, 4) is 0 Å². The quantitative estimate of drug-likeness (QED) is 0.893. The van der Waals surface area contributed by atoms with Crippen molar-refractivity contribution >= 4 is 23.5 Å². The number of carboxylic acid groups (broad SMARTS) is 1. The van der Waals surface area contributed by atoms with Gasteiger partial charge in [0, 0.05) is 12.1 Å². The Morgan fingerprint density at radius 1 is 1.47 bits per heavy atom. The van der Waals surface area contributed by atoms with Crippen LogP contribution in [0.1, 0.15) is 10.4 Å². The van der Waals surface area contributed by atoms with Gasteiger partial charge in [0.2, 0.25) is 0 Å². The van der Waals surface area contributed by atoms with Crippen molar-refractivity contribution in [1.82, 2.24) is 4.90 Å². The molecule has 2 rings (SSSR count). The molecule has 1 saturated heterocycles. The first-order valence-corrected chi connectivity index (χ1v) is 5.95. The Labute approximate surface area is 113 Å². The average Bonchev–Trinajstić information content (AvgIpc) is 2.41. The van der Waals surface area contributed by atoms with Crippen molar-refractivity contribution in [2.75, 3.05) is 19.8 Å². The zero-order chi connectivity index (χ0) is 14.0. The summed E-state index contributed by atoms with van der Waals surface area (Å²) in [6, 6.07) is 2.50. The molecule has 1 amide bonds. The molecule has 0 aromatic heterocycles. The van der Waals surface area contributed by atoms with Crippen LogP contribution in [0.15, 0.2) is 18.2 Å². The monoisotopic (exact) mass is 287 g/mol. The lowest BCUT2D eigenvalue weighted by Crippen LogP contribution is -2.52. The molecule has 0 aliphatic carbocycles. The van der Waals surface area contributed by atoms with Crippen LogP contribution in [0.3, 0.4) is 0 Å². The van der Waals surface area contributed by atoms with Crippen LogP contribution in [0.4, 0.5) is 4.39 Å². The number of halogens is 2. The van der Waals surface area contributed by atoms with Crippen LogP contribution < -0.4 is 0 Å². The molecular formula is C12H11ClFNO4. The number of rotatable bonds is 2. The summed E-state index contributed by atoms with van der Waals surface area (Å²) in [7, 11) is 0. The number of carboxylic acids is 1. The first-order chi connectivity index (χ1) is 9.00. The SMILES string of the molecule is O=C(O)C1COCCN1C(=O)c1ccc(F)c(Cl)c1. The van der Waals surface area contributed by atoms with Crippen LogP contribution in [0.25, 0.3) is 0 Å². The second-order valence-corrected chi connectivity index (χ2v) is 4.46. The number of carbonyl (C=O) groups is 2. The lowest BCUT2D eigenvalue weighted by atomic mass is 10.1. The van der Waals surface area contributed by atoms with Crippen LogP contribution in [-0.4, -0.2) is 47.7 Å². The number of hydrogen-bond donors (Lipinski definition) is 1. The van der Waals surface area contributed by atoms with Gasteiger partial charge >= 0.3 is 5.97 Å². The Morgan fingerprint density at radius 3 is 2.84 bits per heavy atom. The fraction of sp³-hybridized carbons (Fsp3) is 0.333. The molecule has 1 aromatic carbocycles. The molecular weight excluding hydrogens is 277 g/mol. The molecule has 1 aliphatic heterocycles. The van der Waals surface area contributed by atoms with E-state index in [-0.39, 0.29) is 30.3 Å². The molecule has 0 saturated carbocycles. The Balaban J connectivity index is 2.26. The maximum Gasteiger partial charge on any atom is 0.328 e. The summed E-state index contributed by atoms with van der Waals surface area (Å²) >= 11 is 5.61. The molecule has 1 unspecified atom stereocenters. The summed E-state index contributed by atoms with van der Waals surface area (Å²) < 4.78 is 18.1. The first-order valence-electron chi connectivity index (χ1n) is 5.57.